The molecule has 1 N–H and O–H groups in total. The molecular weight excluding hydrogens is 249 g/mol. The molecule has 0 aliphatic carbocycles. The molecule has 0 aliphatic heterocycles. The van der Waals surface area contributed by atoms with Crippen LogP contribution in [0.1, 0.15) is 19.4 Å². The smallest absolute Gasteiger partial charge is 0.226 e. The molecule has 5 heteroatoms. The number of methoxy groups -OCH3 is 1. The average molecular weight is 269 g/mol. The minimum Gasteiger partial charge on any atom is -0.494 e. The third-order valence-corrected chi connectivity index (χ3v) is 2.62. The molecule has 0 aromatic heterocycles. The van der Waals surface area contributed by atoms with Crippen LogP contribution in [0.2, 0.25) is 0 Å². The van der Waals surface area contributed by atoms with E-state index in [9.17, 15) is 14.3 Å². The summed E-state index contributed by atoms with van der Waals surface area (Å²) in [6, 6.07) is 4.43. The number of hydrogen-bond donors (Lipinski definition) is 1. The summed E-state index contributed by atoms with van der Waals surface area (Å²) in [6.45, 7) is 3.48. The van der Waals surface area contributed by atoms with E-state index in [4.69, 9.17) is 4.74 Å². The van der Waals surface area contributed by atoms with Gasteiger partial charge in [-0.2, -0.15) is 0 Å². The van der Waals surface area contributed by atoms with E-state index in [0.29, 0.717) is 5.56 Å². The van der Waals surface area contributed by atoms with Crippen LogP contribution in [0.25, 0.3) is 0 Å². The van der Waals surface area contributed by atoms with E-state index in [-0.39, 0.29) is 24.6 Å². The van der Waals surface area contributed by atoms with Crippen LogP contribution >= 0.6 is 0 Å². The van der Waals surface area contributed by atoms with Gasteiger partial charge in [0.05, 0.1) is 19.1 Å². The molecule has 4 nitrogen and oxygen atoms in total. The fraction of sp³-hybridized carbons (Fsp3) is 0.500. The molecule has 1 aromatic carbocycles. The number of likely N-dealkylation sites (N-methyl/N-ethyl adjacent to an activating group) is 1. The number of nitrogens with zero attached hydrogens (tertiary/aromatic N) is 1. The van der Waals surface area contributed by atoms with Crippen molar-refractivity contribution in [2.24, 2.45) is 0 Å². The van der Waals surface area contributed by atoms with Crippen molar-refractivity contribution in [3.05, 3.63) is 29.6 Å². The Bertz CT molecular complexity index is 454. The highest BCUT2D eigenvalue weighted by atomic mass is 19.1. The van der Waals surface area contributed by atoms with Crippen molar-refractivity contribution < 1.29 is 19.0 Å². The minimum atomic E-state index is -0.949. The van der Waals surface area contributed by atoms with Crippen molar-refractivity contribution in [2.75, 3.05) is 20.7 Å². The first-order valence-corrected chi connectivity index (χ1v) is 6.01. The Kier molecular flexibility index (Phi) is 4.89. The van der Waals surface area contributed by atoms with Crippen LogP contribution in [-0.2, 0) is 11.2 Å². The van der Waals surface area contributed by atoms with Gasteiger partial charge in [-0.05, 0) is 31.5 Å². The van der Waals surface area contributed by atoms with E-state index < -0.39 is 11.4 Å². The van der Waals surface area contributed by atoms with Gasteiger partial charge in [-0.15, -0.1) is 0 Å². The monoisotopic (exact) mass is 269 g/mol. The quantitative estimate of drug-likeness (QED) is 0.883. The lowest BCUT2D eigenvalue weighted by atomic mass is 10.1. The Morgan fingerprint density at radius 3 is 2.58 bits per heavy atom. The molecule has 0 radical (unpaired) electrons. The van der Waals surface area contributed by atoms with Gasteiger partial charge in [-0.3, -0.25) is 4.79 Å². The lowest BCUT2D eigenvalue weighted by molar-refractivity contribution is -0.131. The topological polar surface area (TPSA) is 49.8 Å². The number of ether oxygens (including phenoxy) is 1. The highest BCUT2D eigenvalue weighted by Gasteiger charge is 2.19. The number of carbonyl (C=O) groups is 1. The van der Waals surface area contributed by atoms with Gasteiger partial charge < -0.3 is 14.7 Å². The second kappa shape index (κ2) is 6.02. The lowest BCUT2D eigenvalue weighted by Gasteiger charge is -2.25. The van der Waals surface area contributed by atoms with Crippen LogP contribution in [-0.4, -0.2) is 42.2 Å². The van der Waals surface area contributed by atoms with Crippen LogP contribution in [0.4, 0.5) is 4.39 Å². The van der Waals surface area contributed by atoms with E-state index in [1.165, 1.54) is 24.1 Å². The first kappa shape index (κ1) is 15.4. The molecule has 106 valence electrons. The van der Waals surface area contributed by atoms with Gasteiger partial charge in [-0.1, -0.05) is 6.07 Å². The van der Waals surface area contributed by atoms with Crippen LogP contribution < -0.4 is 4.74 Å². The zero-order valence-corrected chi connectivity index (χ0v) is 11.7. The number of benzene rings is 1. The van der Waals surface area contributed by atoms with Gasteiger partial charge in [0.1, 0.15) is 0 Å². The predicted molar refractivity (Wildman–Crippen MR) is 70.6 cm³/mol. The SMILES string of the molecule is COc1ccc(CC(=O)N(C)CC(C)(C)O)cc1F. The Labute approximate surface area is 112 Å². The first-order valence-electron chi connectivity index (χ1n) is 6.01. The summed E-state index contributed by atoms with van der Waals surface area (Å²) in [4.78, 5) is 13.3. The van der Waals surface area contributed by atoms with Gasteiger partial charge in [-0.25, -0.2) is 4.39 Å². The summed E-state index contributed by atoms with van der Waals surface area (Å²) < 4.78 is 18.3. The highest BCUT2D eigenvalue weighted by molar-refractivity contribution is 5.78. The third-order valence-electron chi connectivity index (χ3n) is 2.62. The van der Waals surface area contributed by atoms with Gasteiger partial charge in [0.25, 0.3) is 0 Å². The van der Waals surface area contributed by atoms with Gasteiger partial charge >= 0.3 is 0 Å². The summed E-state index contributed by atoms with van der Waals surface area (Å²) in [6.07, 6.45) is 0.0908. The van der Waals surface area contributed by atoms with E-state index in [2.05, 4.69) is 0 Å². The van der Waals surface area contributed by atoms with Gasteiger partial charge in [0, 0.05) is 13.6 Å². The summed E-state index contributed by atoms with van der Waals surface area (Å²) in [5.74, 6) is -0.509. The number of hydrogen-bond acceptors (Lipinski definition) is 3. The molecule has 0 spiro atoms. The summed E-state index contributed by atoms with van der Waals surface area (Å²) in [5.41, 5.74) is -0.374. The summed E-state index contributed by atoms with van der Waals surface area (Å²) in [5, 5.41) is 9.65. The summed E-state index contributed by atoms with van der Waals surface area (Å²) in [7, 11) is 3.00. The molecule has 0 bridgehead atoms. The zero-order valence-electron chi connectivity index (χ0n) is 11.7. The number of amides is 1. The molecule has 0 saturated heterocycles. The van der Waals surface area contributed by atoms with Crippen LogP contribution in [0.15, 0.2) is 18.2 Å². The van der Waals surface area contributed by atoms with Crippen LogP contribution in [0.3, 0.4) is 0 Å². The Morgan fingerprint density at radius 1 is 1.47 bits per heavy atom. The van der Waals surface area contributed by atoms with E-state index in [1.54, 1.807) is 27.0 Å². The van der Waals surface area contributed by atoms with Crippen molar-refractivity contribution >= 4 is 5.91 Å². The molecular formula is C14H20FNO3. The van der Waals surface area contributed by atoms with Crippen LogP contribution in [0.5, 0.6) is 5.75 Å². The Hall–Kier alpha value is -1.62. The van der Waals surface area contributed by atoms with E-state index in [1.807, 2.05) is 0 Å². The van der Waals surface area contributed by atoms with Crippen molar-refractivity contribution in [2.45, 2.75) is 25.9 Å². The second-order valence-electron chi connectivity index (χ2n) is 5.21. The highest BCUT2D eigenvalue weighted by Crippen LogP contribution is 2.18. The largest absolute Gasteiger partial charge is 0.494 e. The molecule has 1 aromatic rings. The van der Waals surface area contributed by atoms with Crippen molar-refractivity contribution in [1.29, 1.82) is 0 Å². The van der Waals surface area contributed by atoms with Crippen molar-refractivity contribution in [3.8, 4) is 5.75 Å². The Balaban J connectivity index is 2.69. The number of carbonyl (C=O) groups excluding carboxylic acids is 1. The molecule has 19 heavy (non-hydrogen) atoms. The second-order valence-corrected chi connectivity index (χ2v) is 5.21. The van der Waals surface area contributed by atoms with Crippen molar-refractivity contribution in [1.82, 2.24) is 4.90 Å². The fourth-order valence-corrected chi connectivity index (χ4v) is 1.80. The standard InChI is InChI=1S/C14H20FNO3/c1-14(2,18)9-16(3)13(17)8-10-5-6-12(19-4)11(15)7-10/h5-7,18H,8-9H2,1-4H3. The number of rotatable bonds is 5. The Morgan fingerprint density at radius 2 is 2.11 bits per heavy atom. The first-order chi connectivity index (χ1) is 8.73. The maximum Gasteiger partial charge on any atom is 0.226 e. The molecule has 1 rings (SSSR count). The minimum absolute atomic E-state index is 0.0908. The maximum absolute atomic E-state index is 13.5. The normalized spacial score (nSPS) is 11.3. The third kappa shape index (κ3) is 4.87. The van der Waals surface area contributed by atoms with E-state index >= 15 is 0 Å². The number of aliphatic hydroxyl groups is 1. The maximum atomic E-state index is 13.5. The fourth-order valence-electron chi connectivity index (χ4n) is 1.80. The average Bonchev–Trinajstić information content (AvgIpc) is 2.27. The van der Waals surface area contributed by atoms with Gasteiger partial charge in [0.2, 0.25) is 5.91 Å². The zero-order chi connectivity index (χ0) is 14.6. The lowest BCUT2D eigenvalue weighted by Crippen LogP contribution is -2.40. The molecule has 0 heterocycles. The molecule has 0 fully saturated rings. The van der Waals surface area contributed by atoms with Gasteiger partial charge in [0.15, 0.2) is 11.6 Å². The molecule has 0 atom stereocenters. The summed E-state index contributed by atoms with van der Waals surface area (Å²) >= 11 is 0. The van der Waals surface area contributed by atoms with E-state index in [0.717, 1.165) is 0 Å². The van der Waals surface area contributed by atoms with Crippen molar-refractivity contribution in [3.63, 3.8) is 0 Å². The molecule has 1 amide bonds. The predicted octanol–water partition coefficient (Wildman–Crippen LogP) is 1.61. The molecule has 0 unspecified atom stereocenters. The molecule has 0 saturated carbocycles. The molecule has 0 aliphatic rings. The van der Waals surface area contributed by atoms with Crippen LogP contribution in [0, 0.1) is 5.82 Å². The number of halogens is 1.